The van der Waals surface area contributed by atoms with Crippen LogP contribution in [0.3, 0.4) is 0 Å². The maximum atomic E-state index is 13.5. The molecule has 1 N–H and O–H groups in total. The van der Waals surface area contributed by atoms with Crippen LogP contribution in [0.4, 0.5) is 13.6 Å². The quantitative estimate of drug-likeness (QED) is 0.614. The fraction of sp³-hybridized carbons (Fsp3) is 0.160. The molecule has 1 amide bonds. The molecule has 4 rings (SSSR count). The number of rotatable bonds is 4. The van der Waals surface area contributed by atoms with Crippen molar-refractivity contribution in [3.8, 4) is 28.7 Å². The van der Waals surface area contributed by atoms with Gasteiger partial charge in [-0.3, -0.25) is 0 Å². The molecule has 156 valence electrons. The first-order valence-electron chi connectivity index (χ1n) is 9.69. The minimum atomic E-state index is -1.06. The fourth-order valence-corrected chi connectivity index (χ4v) is 3.70. The molecular weight excluding hydrogens is 400 g/mol. The zero-order valence-electron chi connectivity index (χ0n) is 16.7. The number of alkyl carbamates (subject to hydrolysis) is 1. The van der Waals surface area contributed by atoms with Gasteiger partial charge in [-0.15, -0.1) is 0 Å². The van der Waals surface area contributed by atoms with Crippen molar-refractivity contribution in [2.75, 3.05) is 20.3 Å². The molecule has 0 bridgehead atoms. The van der Waals surface area contributed by atoms with Gasteiger partial charge in [-0.25, -0.2) is 9.18 Å². The largest absolute Gasteiger partial charge is 0.494 e. The van der Waals surface area contributed by atoms with E-state index in [9.17, 15) is 13.6 Å². The maximum absolute atomic E-state index is 13.5. The van der Waals surface area contributed by atoms with Crippen LogP contribution in [-0.4, -0.2) is 26.4 Å². The van der Waals surface area contributed by atoms with Crippen molar-refractivity contribution < 1.29 is 23.0 Å². The number of fused-ring (bicyclic) bond motifs is 3. The number of methoxy groups -OCH3 is 1. The van der Waals surface area contributed by atoms with Crippen molar-refractivity contribution in [1.82, 2.24) is 5.32 Å². The van der Waals surface area contributed by atoms with Gasteiger partial charge in [0.05, 0.1) is 13.7 Å². The number of carbonyl (C=O) groups is 1. The summed E-state index contributed by atoms with van der Waals surface area (Å²) in [5.74, 6) is 2.97. The number of carbonyl (C=O) groups excluding carboxylic acids is 1. The van der Waals surface area contributed by atoms with Crippen molar-refractivity contribution in [2.24, 2.45) is 0 Å². The van der Waals surface area contributed by atoms with Crippen LogP contribution < -0.4 is 10.1 Å². The average Bonchev–Trinajstić information content (AvgIpc) is 3.11. The minimum Gasteiger partial charge on any atom is -0.494 e. The first kappa shape index (κ1) is 20.4. The van der Waals surface area contributed by atoms with E-state index in [-0.39, 0.29) is 30.4 Å². The van der Waals surface area contributed by atoms with Crippen molar-refractivity contribution in [3.05, 3.63) is 89.0 Å². The van der Waals surface area contributed by atoms with Gasteiger partial charge in [0, 0.05) is 11.5 Å². The highest BCUT2D eigenvalue weighted by atomic mass is 19.2. The highest BCUT2D eigenvalue weighted by molar-refractivity contribution is 5.79. The topological polar surface area (TPSA) is 47.6 Å². The Hall–Kier alpha value is -3.85. The third-order valence-electron chi connectivity index (χ3n) is 5.11. The van der Waals surface area contributed by atoms with Crippen molar-refractivity contribution in [1.29, 1.82) is 0 Å². The van der Waals surface area contributed by atoms with Gasteiger partial charge in [0.15, 0.2) is 11.6 Å². The lowest BCUT2D eigenvalue weighted by molar-refractivity contribution is 0.144. The molecule has 0 aromatic heterocycles. The molecule has 0 aliphatic heterocycles. The van der Waals surface area contributed by atoms with E-state index in [2.05, 4.69) is 29.3 Å². The molecule has 0 heterocycles. The Labute approximate surface area is 178 Å². The lowest BCUT2D eigenvalue weighted by Gasteiger charge is -2.14. The lowest BCUT2D eigenvalue weighted by Crippen LogP contribution is -2.26. The van der Waals surface area contributed by atoms with Crippen LogP contribution in [0, 0.1) is 23.5 Å². The summed E-state index contributed by atoms with van der Waals surface area (Å²) in [7, 11) is 1.24. The molecule has 0 unspecified atom stereocenters. The predicted octanol–water partition coefficient (Wildman–Crippen LogP) is 4.86. The first-order valence-corrected chi connectivity index (χ1v) is 9.69. The molecule has 4 nitrogen and oxygen atoms in total. The van der Waals surface area contributed by atoms with E-state index in [0.717, 1.165) is 28.3 Å². The monoisotopic (exact) mass is 419 g/mol. The molecule has 0 fully saturated rings. The van der Waals surface area contributed by atoms with Gasteiger partial charge in [0.2, 0.25) is 5.82 Å². The lowest BCUT2D eigenvalue weighted by atomic mass is 9.98. The van der Waals surface area contributed by atoms with Crippen LogP contribution in [0.2, 0.25) is 0 Å². The second kappa shape index (κ2) is 8.88. The van der Waals surface area contributed by atoms with Crippen LogP contribution in [0.5, 0.6) is 5.75 Å². The number of benzene rings is 3. The van der Waals surface area contributed by atoms with Gasteiger partial charge in [-0.1, -0.05) is 60.4 Å². The number of ether oxygens (including phenoxy) is 2. The maximum Gasteiger partial charge on any atom is 0.407 e. The molecular formula is C25H19F2NO3. The Morgan fingerprint density at radius 3 is 2.32 bits per heavy atom. The minimum absolute atomic E-state index is 0.00200. The molecule has 0 radical (unpaired) electrons. The highest BCUT2D eigenvalue weighted by Crippen LogP contribution is 2.44. The second-order valence-corrected chi connectivity index (χ2v) is 6.96. The summed E-state index contributed by atoms with van der Waals surface area (Å²) in [6.45, 7) is 0.200. The second-order valence-electron chi connectivity index (χ2n) is 6.96. The van der Waals surface area contributed by atoms with Crippen molar-refractivity contribution in [3.63, 3.8) is 0 Å². The smallest absolute Gasteiger partial charge is 0.407 e. The van der Waals surface area contributed by atoms with Crippen LogP contribution >= 0.6 is 0 Å². The van der Waals surface area contributed by atoms with E-state index in [0.29, 0.717) is 0 Å². The first-order chi connectivity index (χ1) is 15.1. The number of hydrogen-bond acceptors (Lipinski definition) is 3. The SMILES string of the molecule is COc1cc(C#CCNC(=O)OCC2c3ccccc3-c3ccccc32)cc(F)c1F. The molecule has 1 aliphatic rings. The van der Waals surface area contributed by atoms with Gasteiger partial charge in [-0.05, 0) is 34.4 Å². The molecule has 0 spiro atoms. The Morgan fingerprint density at radius 2 is 1.68 bits per heavy atom. The van der Waals surface area contributed by atoms with E-state index in [1.165, 1.54) is 13.2 Å². The van der Waals surface area contributed by atoms with Crippen LogP contribution in [-0.2, 0) is 4.74 Å². The summed E-state index contributed by atoms with van der Waals surface area (Å²) in [6.07, 6.45) is -0.598. The van der Waals surface area contributed by atoms with Gasteiger partial charge < -0.3 is 14.8 Å². The molecule has 1 aliphatic carbocycles. The van der Waals surface area contributed by atoms with E-state index in [1.807, 2.05) is 36.4 Å². The molecule has 0 atom stereocenters. The number of amides is 1. The molecule has 0 saturated carbocycles. The molecule has 3 aromatic carbocycles. The summed E-state index contributed by atoms with van der Waals surface area (Å²) in [4.78, 5) is 12.1. The van der Waals surface area contributed by atoms with E-state index in [4.69, 9.17) is 9.47 Å². The van der Waals surface area contributed by atoms with Crippen molar-refractivity contribution >= 4 is 6.09 Å². The van der Waals surface area contributed by atoms with Crippen LogP contribution in [0.1, 0.15) is 22.6 Å². The molecule has 3 aromatic rings. The molecule has 31 heavy (non-hydrogen) atoms. The van der Waals surface area contributed by atoms with Gasteiger partial charge >= 0.3 is 6.09 Å². The van der Waals surface area contributed by atoms with Gasteiger partial charge in [0.1, 0.15) is 6.61 Å². The third kappa shape index (κ3) is 4.22. The van der Waals surface area contributed by atoms with E-state index in [1.54, 1.807) is 0 Å². The summed E-state index contributed by atoms with van der Waals surface area (Å²) in [6, 6.07) is 18.4. The number of nitrogens with one attached hydrogen (secondary N) is 1. The molecule has 0 saturated heterocycles. The summed E-state index contributed by atoms with van der Waals surface area (Å²) >= 11 is 0. The molecule has 6 heteroatoms. The Kier molecular flexibility index (Phi) is 5.85. The predicted molar refractivity (Wildman–Crippen MR) is 113 cm³/mol. The van der Waals surface area contributed by atoms with E-state index >= 15 is 0 Å². The van der Waals surface area contributed by atoms with Crippen molar-refractivity contribution in [2.45, 2.75) is 5.92 Å². The third-order valence-corrected chi connectivity index (χ3v) is 5.11. The standard InChI is InChI=1S/C25H19F2NO3/c1-30-23-14-16(13-22(26)24(23)27)7-6-12-28-25(29)31-15-21-19-10-4-2-8-17(19)18-9-3-5-11-20(18)21/h2-5,8-11,13-14,21H,12,15H2,1H3,(H,28,29). The summed E-state index contributed by atoms with van der Waals surface area (Å²) < 4.78 is 37.1. The van der Waals surface area contributed by atoms with Gasteiger partial charge in [0.25, 0.3) is 0 Å². The van der Waals surface area contributed by atoms with Gasteiger partial charge in [-0.2, -0.15) is 4.39 Å². The normalized spacial score (nSPS) is 11.7. The Balaban J connectivity index is 1.35. The number of halogens is 2. The summed E-state index contributed by atoms with van der Waals surface area (Å²) in [5, 5.41) is 2.55. The zero-order valence-corrected chi connectivity index (χ0v) is 16.7. The fourth-order valence-electron chi connectivity index (χ4n) is 3.70. The highest BCUT2D eigenvalue weighted by Gasteiger charge is 2.28. The van der Waals surface area contributed by atoms with Crippen LogP contribution in [0.15, 0.2) is 60.7 Å². The zero-order chi connectivity index (χ0) is 21.8. The number of hydrogen-bond donors (Lipinski definition) is 1. The average molecular weight is 419 g/mol. The van der Waals surface area contributed by atoms with E-state index < -0.39 is 17.7 Å². The van der Waals surface area contributed by atoms with Crippen LogP contribution in [0.25, 0.3) is 11.1 Å². The Bertz CT molecular complexity index is 1150. The summed E-state index contributed by atoms with van der Waals surface area (Å²) in [5.41, 5.74) is 4.80. The Morgan fingerprint density at radius 1 is 1.03 bits per heavy atom.